The zero-order chi connectivity index (χ0) is 21.0. The van der Waals surface area contributed by atoms with Gasteiger partial charge in [-0.1, -0.05) is 32.9 Å². The first-order chi connectivity index (χ1) is 13.7. The third kappa shape index (κ3) is 3.20. The first-order valence-corrected chi connectivity index (χ1v) is 11.8. The monoisotopic (exact) mass is 404 g/mol. The lowest BCUT2D eigenvalue weighted by Gasteiger charge is -2.62. The highest BCUT2D eigenvalue weighted by molar-refractivity contribution is 5.69. The van der Waals surface area contributed by atoms with Crippen LogP contribution in [0.25, 0.3) is 0 Å². The molecule has 0 aromatic rings. The van der Waals surface area contributed by atoms with Gasteiger partial charge in [-0.2, -0.15) is 0 Å². The van der Waals surface area contributed by atoms with Crippen LogP contribution in [-0.4, -0.2) is 35.5 Å². The topological polar surface area (TPSA) is 66.8 Å². The number of carbonyl (C=O) groups is 1. The van der Waals surface area contributed by atoms with Gasteiger partial charge in [0.25, 0.3) is 0 Å². The third-order valence-corrected chi connectivity index (χ3v) is 10.1. The van der Waals surface area contributed by atoms with E-state index in [0.29, 0.717) is 41.9 Å². The Morgan fingerprint density at radius 1 is 1.17 bits per heavy atom. The summed E-state index contributed by atoms with van der Waals surface area (Å²) in [5.74, 6) is 2.24. The van der Waals surface area contributed by atoms with Crippen molar-refractivity contribution >= 4 is 5.97 Å². The van der Waals surface area contributed by atoms with Gasteiger partial charge in [-0.05, 0) is 91.3 Å². The Kier molecular flexibility index (Phi) is 5.65. The Morgan fingerprint density at radius 2 is 1.93 bits per heavy atom. The van der Waals surface area contributed by atoms with E-state index in [0.717, 1.165) is 44.9 Å². The molecule has 29 heavy (non-hydrogen) atoms. The maximum absolute atomic E-state index is 11.6. The number of aliphatic hydroxyl groups is 2. The summed E-state index contributed by atoms with van der Waals surface area (Å²) in [6, 6.07) is 0. The fraction of sp³-hybridized carbons (Fsp3) is 0.880. The number of rotatable bonds is 4. The van der Waals surface area contributed by atoms with Gasteiger partial charge >= 0.3 is 5.97 Å². The van der Waals surface area contributed by atoms with Crippen LogP contribution in [0.3, 0.4) is 0 Å². The van der Waals surface area contributed by atoms with E-state index in [1.165, 1.54) is 7.11 Å². The van der Waals surface area contributed by atoms with Gasteiger partial charge < -0.3 is 14.9 Å². The van der Waals surface area contributed by atoms with Gasteiger partial charge in [-0.15, -0.1) is 0 Å². The van der Waals surface area contributed by atoms with Gasteiger partial charge in [0.2, 0.25) is 0 Å². The number of fused-ring (bicyclic) bond motifs is 5. The zero-order valence-electron chi connectivity index (χ0n) is 18.6. The number of allylic oxidation sites excluding steroid dienone is 2. The molecule has 3 saturated carbocycles. The minimum absolute atomic E-state index is 0.146. The van der Waals surface area contributed by atoms with Crippen LogP contribution in [0.5, 0.6) is 0 Å². The van der Waals surface area contributed by atoms with Gasteiger partial charge in [0.05, 0.1) is 19.3 Å². The quantitative estimate of drug-likeness (QED) is 0.540. The number of hydrogen-bond donors (Lipinski definition) is 2. The molecule has 0 unspecified atom stereocenters. The van der Waals surface area contributed by atoms with Crippen molar-refractivity contribution in [3.05, 3.63) is 12.2 Å². The predicted octanol–water partition coefficient (Wildman–Crippen LogP) is 4.34. The molecular weight excluding hydrogens is 364 g/mol. The van der Waals surface area contributed by atoms with E-state index >= 15 is 0 Å². The van der Waals surface area contributed by atoms with Crippen molar-refractivity contribution in [3.8, 4) is 0 Å². The largest absolute Gasteiger partial charge is 0.469 e. The van der Waals surface area contributed by atoms with Crippen molar-refractivity contribution in [2.24, 2.45) is 46.3 Å². The number of hydrogen-bond acceptors (Lipinski definition) is 4. The lowest BCUT2D eigenvalue weighted by atomic mass is 9.43. The van der Waals surface area contributed by atoms with Crippen molar-refractivity contribution in [1.29, 1.82) is 0 Å². The van der Waals surface area contributed by atoms with Crippen molar-refractivity contribution in [2.75, 3.05) is 7.11 Å². The maximum Gasteiger partial charge on any atom is 0.305 e. The molecule has 4 heteroatoms. The molecule has 2 N–H and O–H groups in total. The molecule has 4 aliphatic rings. The highest BCUT2D eigenvalue weighted by Crippen LogP contribution is 2.67. The molecule has 0 spiro atoms. The Balaban J connectivity index is 1.59. The Bertz CT molecular complexity index is 659. The van der Waals surface area contributed by atoms with E-state index in [4.69, 9.17) is 4.74 Å². The first-order valence-electron chi connectivity index (χ1n) is 11.8. The normalized spacial score (nSPS) is 49.7. The van der Waals surface area contributed by atoms with Gasteiger partial charge in [-0.3, -0.25) is 4.79 Å². The van der Waals surface area contributed by atoms with Crippen LogP contribution in [0.4, 0.5) is 0 Å². The molecule has 0 radical (unpaired) electrons. The first kappa shape index (κ1) is 21.4. The number of ether oxygens (including phenoxy) is 1. The summed E-state index contributed by atoms with van der Waals surface area (Å²) in [6.45, 7) is 6.94. The maximum atomic E-state index is 11.6. The fourth-order valence-corrected chi connectivity index (χ4v) is 8.38. The lowest BCUT2D eigenvalue weighted by Crippen LogP contribution is -2.61. The number of esters is 1. The van der Waals surface area contributed by atoms with Crippen molar-refractivity contribution in [2.45, 2.75) is 84.3 Å². The van der Waals surface area contributed by atoms with Crippen LogP contribution in [0, 0.1) is 46.3 Å². The Hall–Kier alpha value is -0.870. The summed E-state index contributed by atoms with van der Waals surface area (Å²) in [5.41, 5.74) is 0.0426. The minimum atomic E-state index is -0.324. The molecule has 4 nitrogen and oxygen atoms in total. The van der Waals surface area contributed by atoms with Crippen LogP contribution in [0.1, 0.15) is 72.1 Å². The molecule has 3 fully saturated rings. The van der Waals surface area contributed by atoms with E-state index in [1.54, 1.807) is 0 Å². The highest BCUT2D eigenvalue weighted by Gasteiger charge is 2.65. The molecule has 10 atom stereocenters. The summed E-state index contributed by atoms with van der Waals surface area (Å²) in [6.07, 6.45) is 11.4. The smallest absolute Gasteiger partial charge is 0.305 e. The number of methoxy groups -OCH3 is 1. The summed E-state index contributed by atoms with van der Waals surface area (Å²) in [7, 11) is 1.45. The molecule has 164 valence electrons. The average Bonchev–Trinajstić information content (AvgIpc) is 3.05. The molecule has 0 bridgehead atoms. The predicted molar refractivity (Wildman–Crippen MR) is 113 cm³/mol. The second-order valence-electron chi connectivity index (χ2n) is 11.1. The van der Waals surface area contributed by atoms with Gasteiger partial charge in [-0.25, -0.2) is 0 Å². The van der Waals surface area contributed by atoms with Gasteiger partial charge in [0.1, 0.15) is 0 Å². The van der Waals surface area contributed by atoms with E-state index in [9.17, 15) is 15.0 Å². The summed E-state index contributed by atoms with van der Waals surface area (Å²) in [4.78, 5) is 11.6. The average molecular weight is 405 g/mol. The molecule has 0 aromatic heterocycles. The molecule has 0 amide bonds. The standard InChI is InChI=1S/C25H40O4/c1-15(8-11-22(28)29-4)17-9-10-18-23-19(14-21(27)25(17,18)3)24(2)12-6-5-7-16(24)13-20(23)26/h5-6,15-21,23,26-27H,7-14H2,1-4H3/t15-,16+,17-,18+,19+,20-,21+,23+,24+,25-/m1/s1. The van der Waals surface area contributed by atoms with Crippen molar-refractivity contribution in [1.82, 2.24) is 0 Å². The molecule has 0 heterocycles. The van der Waals surface area contributed by atoms with E-state index in [2.05, 4.69) is 32.9 Å². The van der Waals surface area contributed by atoms with Gasteiger partial charge in [0, 0.05) is 6.42 Å². The SMILES string of the molecule is COC(=O)CC[C@@H](C)[C@H]1CC[C@H]2[C@@H]3[C@H](O)C[C@@H]4CC=CC[C@]4(C)[C@H]3C[C@H](O)[C@]12C. The van der Waals surface area contributed by atoms with Crippen LogP contribution in [0.2, 0.25) is 0 Å². The fourth-order valence-electron chi connectivity index (χ4n) is 8.38. The van der Waals surface area contributed by atoms with Crippen LogP contribution in [-0.2, 0) is 9.53 Å². The number of aliphatic hydroxyl groups excluding tert-OH is 2. The Labute approximate surface area is 176 Å². The second kappa shape index (κ2) is 7.67. The van der Waals surface area contributed by atoms with Gasteiger partial charge in [0.15, 0.2) is 0 Å². The second-order valence-corrected chi connectivity index (χ2v) is 11.1. The Morgan fingerprint density at radius 3 is 2.66 bits per heavy atom. The highest BCUT2D eigenvalue weighted by atomic mass is 16.5. The summed E-state index contributed by atoms with van der Waals surface area (Å²) < 4.78 is 4.84. The lowest BCUT2D eigenvalue weighted by molar-refractivity contribution is -0.194. The molecule has 4 rings (SSSR count). The van der Waals surface area contributed by atoms with Crippen LogP contribution >= 0.6 is 0 Å². The van der Waals surface area contributed by atoms with Crippen LogP contribution < -0.4 is 0 Å². The molecule has 4 aliphatic carbocycles. The zero-order valence-corrected chi connectivity index (χ0v) is 18.6. The summed E-state index contributed by atoms with van der Waals surface area (Å²) in [5, 5.41) is 22.8. The van der Waals surface area contributed by atoms with Crippen molar-refractivity contribution in [3.63, 3.8) is 0 Å². The van der Waals surface area contributed by atoms with E-state index in [-0.39, 0.29) is 29.0 Å². The molecule has 0 aliphatic heterocycles. The molecular formula is C25H40O4. The molecule has 0 aromatic carbocycles. The minimum Gasteiger partial charge on any atom is -0.469 e. The third-order valence-electron chi connectivity index (χ3n) is 10.1. The summed E-state index contributed by atoms with van der Waals surface area (Å²) >= 11 is 0. The van der Waals surface area contributed by atoms with Crippen molar-refractivity contribution < 1.29 is 19.7 Å². The van der Waals surface area contributed by atoms with E-state index < -0.39 is 0 Å². The number of carbonyl (C=O) groups excluding carboxylic acids is 1. The van der Waals surface area contributed by atoms with E-state index in [1.807, 2.05) is 0 Å². The van der Waals surface area contributed by atoms with Crippen LogP contribution in [0.15, 0.2) is 12.2 Å². The molecule has 0 saturated heterocycles.